The van der Waals surface area contributed by atoms with Gasteiger partial charge in [0, 0.05) is 6.92 Å². The second-order valence-electron chi connectivity index (χ2n) is 3.62. The number of amides is 1. The van der Waals surface area contributed by atoms with Crippen LogP contribution in [-0.4, -0.2) is 18.5 Å². The van der Waals surface area contributed by atoms with Crippen LogP contribution in [0.3, 0.4) is 0 Å². The minimum Gasteiger partial charge on any atom is -0.462 e. The number of amidine groups is 1. The predicted octanol–water partition coefficient (Wildman–Crippen LogP) is 2.56. The summed E-state index contributed by atoms with van der Waals surface area (Å²) in [6.07, 6.45) is 0. The van der Waals surface area contributed by atoms with Crippen LogP contribution in [0, 0.1) is 0 Å². The Morgan fingerprint density at radius 2 is 2.24 bits per heavy atom. The molecule has 1 aliphatic heterocycles. The van der Waals surface area contributed by atoms with E-state index in [1.807, 2.05) is 6.07 Å². The summed E-state index contributed by atoms with van der Waals surface area (Å²) in [7, 11) is 0. The van der Waals surface area contributed by atoms with E-state index in [2.05, 4.69) is 10.3 Å². The average Bonchev–Trinajstić information content (AvgIpc) is 2.69. The Balaban J connectivity index is 2.16. The number of carbonyl (C=O) groups excluding carboxylic acids is 1. The molecule has 4 nitrogen and oxygen atoms in total. The van der Waals surface area contributed by atoms with Crippen LogP contribution in [0.5, 0.6) is 0 Å². The van der Waals surface area contributed by atoms with E-state index in [9.17, 15) is 4.79 Å². The molecular weight excluding hydrogens is 263 g/mol. The lowest BCUT2D eigenvalue weighted by Gasteiger charge is -2.06. The van der Waals surface area contributed by atoms with Gasteiger partial charge in [-0.3, -0.25) is 10.1 Å². The fourth-order valence-corrected chi connectivity index (χ4v) is 1.79. The Hall–Kier alpha value is -1.26. The van der Waals surface area contributed by atoms with Crippen LogP contribution in [0.25, 0.3) is 0 Å². The lowest BCUT2D eigenvalue weighted by atomic mass is 10.1. The molecule has 0 aliphatic carbocycles. The molecular formula is C11H10Cl2N2O2. The van der Waals surface area contributed by atoms with Crippen LogP contribution in [0.2, 0.25) is 10.0 Å². The predicted molar refractivity (Wildman–Crippen MR) is 66.4 cm³/mol. The number of rotatable bonds is 1. The highest BCUT2D eigenvalue weighted by atomic mass is 35.5. The van der Waals surface area contributed by atoms with E-state index in [1.54, 1.807) is 12.1 Å². The van der Waals surface area contributed by atoms with Crippen molar-refractivity contribution in [3.05, 3.63) is 33.8 Å². The maximum atomic E-state index is 10.8. The van der Waals surface area contributed by atoms with Crippen LogP contribution in [-0.2, 0) is 9.53 Å². The van der Waals surface area contributed by atoms with Crippen LogP contribution >= 0.6 is 23.2 Å². The van der Waals surface area contributed by atoms with Crippen LogP contribution in [0.4, 0.5) is 0 Å². The Morgan fingerprint density at radius 1 is 1.47 bits per heavy atom. The second kappa shape index (κ2) is 4.94. The lowest BCUT2D eigenvalue weighted by Crippen LogP contribution is -2.27. The lowest BCUT2D eigenvalue weighted by molar-refractivity contribution is -0.117. The molecule has 17 heavy (non-hydrogen) atoms. The minimum absolute atomic E-state index is 0.161. The van der Waals surface area contributed by atoms with Crippen LogP contribution in [0.15, 0.2) is 23.2 Å². The normalized spacial score (nSPS) is 18.5. The number of nitrogens with one attached hydrogen (secondary N) is 1. The zero-order valence-corrected chi connectivity index (χ0v) is 10.5. The molecule has 1 N–H and O–H groups in total. The van der Waals surface area contributed by atoms with Crippen molar-refractivity contribution in [1.82, 2.24) is 5.32 Å². The second-order valence-corrected chi connectivity index (χ2v) is 4.43. The van der Waals surface area contributed by atoms with Crippen LogP contribution < -0.4 is 5.32 Å². The van der Waals surface area contributed by atoms with Crippen molar-refractivity contribution < 1.29 is 9.53 Å². The fraction of sp³-hybridized carbons (Fsp3) is 0.273. The van der Waals surface area contributed by atoms with Gasteiger partial charge in [0.1, 0.15) is 12.6 Å². The number of halogens is 2. The molecule has 0 fully saturated rings. The number of benzene rings is 1. The third-order valence-electron chi connectivity index (χ3n) is 2.26. The molecule has 90 valence electrons. The van der Waals surface area contributed by atoms with Crippen molar-refractivity contribution in [3.63, 3.8) is 0 Å². The van der Waals surface area contributed by atoms with Crippen molar-refractivity contribution >= 4 is 35.1 Å². The molecule has 1 atom stereocenters. The molecule has 0 saturated heterocycles. The van der Waals surface area contributed by atoms with E-state index in [0.29, 0.717) is 16.7 Å². The molecule has 6 heteroatoms. The molecule has 0 saturated carbocycles. The van der Waals surface area contributed by atoms with E-state index >= 15 is 0 Å². The zero-order valence-electron chi connectivity index (χ0n) is 9.04. The molecule has 1 unspecified atom stereocenters. The first-order valence-corrected chi connectivity index (χ1v) is 5.75. The highest BCUT2D eigenvalue weighted by Gasteiger charge is 2.21. The molecule has 1 aromatic rings. The van der Waals surface area contributed by atoms with Crippen molar-refractivity contribution in [2.24, 2.45) is 4.99 Å². The van der Waals surface area contributed by atoms with E-state index in [-0.39, 0.29) is 18.0 Å². The maximum Gasteiger partial charge on any atom is 0.292 e. The van der Waals surface area contributed by atoms with Crippen molar-refractivity contribution in [3.8, 4) is 0 Å². The molecule has 0 bridgehead atoms. The van der Waals surface area contributed by atoms with Gasteiger partial charge in [0.15, 0.2) is 0 Å². The van der Waals surface area contributed by atoms with Gasteiger partial charge in [-0.15, -0.1) is 0 Å². The molecule has 2 rings (SSSR count). The first kappa shape index (κ1) is 12.2. The quantitative estimate of drug-likeness (QED) is 0.854. The standard InChI is InChI=1S/C11H10Cl2N2O2/c1-6(16)14-11-15-10(5-17-11)7-2-3-8(12)9(13)4-7/h2-4,10H,5H2,1H3,(H,14,15,16). The smallest absolute Gasteiger partial charge is 0.292 e. The van der Waals surface area contributed by atoms with E-state index in [0.717, 1.165) is 5.56 Å². The van der Waals surface area contributed by atoms with Gasteiger partial charge in [0.2, 0.25) is 5.91 Å². The zero-order chi connectivity index (χ0) is 12.4. The number of hydrogen-bond donors (Lipinski definition) is 1. The summed E-state index contributed by atoms with van der Waals surface area (Å²) in [5.41, 5.74) is 0.903. The highest BCUT2D eigenvalue weighted by molar-refractivity contribution is 6.42. The van der Waals surface area contributed by atoms with Crippen molar-refractivity contribution in [1.29, 1.82) is 0 Å². The van der Waals surface area contributed by atoms with Crippen molar-refractivity contribution in [2.45, 2.75) is 13.0 Å². The van der Waals surface area contributed by atoms with Gasteiger partial charge in [-0.25, -0.2) is 4.99 Å². The Bertz CT molecular complexity index is 488. The summed E-state index contributed by atoms with van der Waals surface area (Å²) in [4.78, 5) is 15.1. The summed E-state index contributed by atoms with van der Waals surface area (Å²) >= 11 is 11.8. The summed E-state index contributed by atoms with van der Waals surface area (Å²) in [6, 6.07) is 5.38. The molecule has 0 aromatic heterocycles. The van der Waals surface area contributed by atoms with Gasteiger partial charge in [-0.2, -0.15) is 0 Å². The number of ether oxygens (including phenoxy) is 1. The molecule has 0 spiro atoms. The van der Waals surface area contributed by atoms with E-state index in [4.69, 9.17) is 27.9 Å². The molecule has 0 radical (unpaired) electrons. The maximum absolute atomic E-state index is 10.8. The van der Waals surface area contributed by atoms with Crippen LogP contribution in [0.1, 0.15) is 18.5 Å². The fourth-order valence-electron chi connectivity index (χ4n) is 1.48. The Morgan fingerprint density at radius 3 is 2.88 bits per heavy atom. The van der Waals surface area contributed by atoms with Gasteiger partial charge in [-0.1, -0.05) is 29.3 Å². The molecule has 1 heterocycles. The minimum atomic E-state index is -0.210. The Kier molecular flexibility index (Phi) is 3.54. The topological polar surface area (TPSA) is 50.7 Å². The third-order valence-corrected chi connectivity index (χ3v) is 3.00. The monoisotopic (exact) mass is 272 g/mol. The molecule has 1 amide bonds. The number of aliphatic imine (C=N–C) groups is 1. The summed E-state index contributed by atoms with van der Waals surface area (Å²) in [6.45, 7) is 1.78. The SMILES string of the molecule is CC(=O)NC1=NC(c2ccc(Cl)c(Cl)c2)CO1. The van der Waals surface area contributed by atoms with Gasteiger partial charge in [0.25, 0.3) is 6.02 Å². The number of hydrogen-bond acceptors (Lipinski definition) is 3. The summed E-state index contributed by atoms with van der Waals surface area (Å²) in [5.74, 6) is -0.210. The van der Waals surface area contributed by atoms with Gasteiger partial charge in [-0.05, 0) is 17.7 Å². The van der Waals surface area contributed by atoms with Gasteiger partial charge >= 0.3 is 0 Å². The highest BCUT2D eigenvalue weighted by Crippen LogP contribution is 2.29. The van der Waals surface area contributed by atoms with Gasteiger partial charge < -0.3 is 4.74 Å². The number of nitrogens with zero attached hydrogens (tertiary/aromatic N) is 1. The summed E-state index contributed by atoms with van der Waals surface area (Å²) in [5, 5.41) is 3.48. The van der Waals surface area contributed by atoms with Crippen molar-refractivity contribution in [2.75, 3.05) is 6.61 Å². The first-order valence-electron chi connectivity index (χ1n) is 4.99. The molecule has 1 aromatic carbocycles. The Labute approximate surface area is 109 Å². The number of carbonyl (C=O) groups is 1. The average molecular weight is 273 g/mol. The first-order chi connectivity index (χ1) is 8.06. The van der Waals surface area contributed by atoms with E-state index < -0.39 is 0 Å². The van der Waals surface area contributed by atoms with Gasteiger partial charge in [0.05, 0.1) is 10.0 Å². The summed E-state index contributed by atoms with van der Waals surface area (Å²) < 4.78 is 5.24. The third kappa shape index (κ3) is 2.90. The van der Waals surface area contributed by atoms with E-state index in [1.165, 1.54) is 6.92 Å². The molecule has 1 aliphatic rings. The largest absolute Gasteiger partial charge is 0.462 e.